The first-order chi connectivity index (χ1) is 14.0. The molecule has 1 amide bonds. The summed E-state index contributed by atoms with van der Waals surface area (Å²) in [6, 6.07) is 10.2. The van der Waals surface area contributed by atoms with E-state index in [9.17, 15) is 18.0 Å². The number of amides is 1. The second kappa shape index (κ2) is 10.1. The lowest BCUT2D eigenvalue weighted by molar-refractivity contribution is -0.123. The van der Waals surface area contributed by atoms with Crippen molar-refractivity contribution in [1.82, 2.24) is 4.72 Å². The first kappa shape index (κ1) is 23.9. The number of aryl methyl sites for hydroxylation is 1. The van der Waals surface area contributed by atoms with Gasteiger partial charge in [-0.05, 0) is 69.2 Å². The Morgan fingerprint density at radius 3 is 2.33 bits per heavy atom. The molecule has 0 fully saturated rings. The highest BCUT2D eigenvalue weighted by Gasteiger charge is 2.21. The number of hydrogen-bond donors (Lipinski definition) is 2. The van der Waals surface area contributed by atoms with E-state index in [2.05, 4.69) is 10.0 Å². The van der Waals surface area contributed by atoms with Gasteiger partial charge in [-0.2, -0.15) is 0 Å². The van der Waals surface area contributed by atoms with Gasteiger partial charge in [-0.1, -0.05) is 24.6 Å². The second-order valence-corrected chi connectivity index (χ2v) is 9.10. The van der Waals surface area contributed by atoms with Crippen LogP contribution in [-0.2, 0) is 19.6 Å². The summed E-state index contributed by atoms with van der Waals surface area (Å²) in [6.07, 6.45) is -0.412. The molecule has 2 aromatic carbocycles. The smallest absolute Gasteiger partial charge is 0.338 e. The summed E-state index contributed by atoms with van der Waals surface area (Å²) < 4.78 is 32.3. The monoisotopic (exact) mass is 452 g/mol. The second-order valence-electron chi connectivity index (χ2n) is 6.95. The number of ether oxygens (including phenoxy) is 1. The summed E-state index contributed by atoms with van der Waals surface area (Å²) >= 11 is 5.94. The Labute approximate surface area is 181 Å². The van der Waals surface area contributed by atoms with E-state index in [-0.39, 0.29) is 16.5 Å². The molecule has 9 heteroatoms. The zero-order valence-corrected chi connectivity index (χ0v) is 18.8. The van der Waals surface area contributed by atoms with Crippen LogP contribution in [-0.4, -0.2) is 32.4 Å². The molecule has 0 heterocycles. The molecular weight excluding hydrogens is 428 g/mol. The summed E-state index contributed by atoms with van der Waals surface area (Å²) in [5, 5.41) is 3.14. The maximum absolute atomic E-state index is 12.3. The van der Waals surface area contributed by atoms with Gasteiger partial charge in [0.05, 0.1) is 10.5 Å². The molecule has 0 aliphatic heterocycles. The number of halogens is 1. The highest BCUT2D eigenvalue weighted by Crippen LogP contribution is 2.20. The molecule has 30 heavy (non-hydrogen) atoms. The number of esters is 1. The van der Waals surface area contributed by atoms with Crippen molar-refractivity contribution in [2.24, 2.45) is 0 Å². The number of carbonyl (C=O) groups is 2. The number of carbonyl (C=O) groups excluding carboxylic acids is 2. The third kappa shape index (κ3) is 6.29. The molecule has 0 saturated heterocycles. The lowest BCUT2D eigenvalue weighted by Crippen LogP contribution is -2.32. The van der Waals surface area contributed by atoms with E-state index >= 15 is 0 Å². The average molecular weight is 453 g/mol. The van der Waals surface area contributed by atoms with E-state index in [0.29, 0.717) is 17.1 Å². The molecule has 2 atom stereocenters. The molecule has 162 valence electrons. The van der Waals surface area contributed by atoms with Crippen molar-refractivity contribution in [3.8, 4) is 0 Å². The van der Waals surface area contributed by atoms with Crippen molar-refractivity contribution >= 4 is 39.2 Å². The van der Waals surface area contributed by atoms with Crippen LogP contribution in [0, 0.1) is 6.92 Å². The third-order valence-corrected chi connectivity index (χ3v) is 6.32. The Balaban J connectivity index is 2.03. The fourth-order valence-electron chi connectivity index (χ4n) is 2.43. The van der Waals surface area contributed by atoms with Crippen LogP contribution in [0.15, 0.2) is 47.4 Å². The summed E-state index contributed by atoms with van der Waals surface area (Å²) in [4.78, 5) is 24.7. The molecule has 0 spiro atoms. The Kier molecular flexibility index (Phi) is 8.00. The van der Waals surface area contributed by atoms with E-state index in [4.69, 9.17) is 16.3 Å². The van der Waals surface area contributed by atoms with E-state index in [1.54, 1.807) is 25.1 Å². The number of nitrogens with one attached hydrogen (secondary N) is 2. The first-order valence-electron chi connectivity index (χ1n) is 9.44. The molecule has 2 aromatic rings. The topological polar surface area (TPSA) is 102 Å². The molecule has 0 aliphatic carbocycles. The van der Waals surface area contributed by atoms with Crippen LogP contribution in [0.3, 0.4) is 0 Å². The number of sulfonamides is 1. The average Bonchev–Trinajstić information content (AvgIpc) is 2.70. The van der Waals surface area contributed by atoms with Gasteiger partial charge in [-0.25, -0.2) is 17.9 Å². The van der Waals surface area contributed by atoms with Gasteiger partial charge in [-0.15, -0.1) is 0 Å². The zero-order valence-electron chi connectivity index (χ0n) is 17.2. The summed E-state index contributed by atoms with van der Waals surface area (Å²) in [5.41, 5.74) is 1.48. The summed E-state index contributed by atoms with van der Waals surface area (Å²) in [5.74, 6) is -1.25. The fraction of sp³-hybridized carbons (Fsp3) is 0.333. The highest BCUT2D eigenvalue weighted by molar-refractivity contribution is 7.89. The standard InChI is InChI=1S/C21H25ClN2O5S/c1-5-14(3)24-30(27,28)18-10-7-16(8-11-18)21(26)29-15(4)20(25)23-19-12-17(22)9-6-13(19)2/h6-12,14-15,24H,5H2,1-4H3,(H,23,25). The Bertz CT molecular complexity index is 1020. The molecule has 0 bridgehead atoms. The van der Waals surface area contributed by atoms with Crippen molar-refractivity contribution in [2.75, 3.05) is 5.32 Å². The van der Waals surface area contributed by atoms with Crippen LogP contribution in [0.4, 0.5) is 5.69 Å². The molecule has 2 rings (SSSR count). The number of anilines is 1. The molecule has 0 aromatic heterocycles. The van der Waals surface area contributed by atoms with Crippen molar-refractivity contribution in [2.45, 2.75) is 51.2 Å². The third-order valence-electron chi connectivity index (χ3n) is 4.48. The minimum Gasteiger partial charge on any atom is -0.449 e. The lowest BCUT2D eigenvalue weighted by atomic mass is 10.2. The van der Waals surface area contributed by atoms with Crippen LogP contribution in [0.5, 0.6) is 0 Å². The van der Waals surface area contributed by atoms with Gasteiger partial charge >= 0.3 is 5.97 Å². The molecule has 0 saturated carbocycles. The molecule has 2 N–H and O–H groups in total. The van der Waals surface area contributed by atoms with E-state index in [1.165, 1.54) is 31.2 Å². The van der Waals surface area contributed by atoms with Gasteiger partial charge < -0.3 is 10.1 Å². The lowest BCUT2D eigenvalue weighted by Gasteiger charge is -2.15. The SMILES string of the molecule is CCC(C)NS(=O)(=O)c1ccc(C(=O)OC(C)C(=O)Nc2cc(Cl)ccc2C)cc1. The number of rotatable bonds is 8. The van der Waals surface area contributed by atoms with Crippen LogP contribution in [0.25, 0.3) is 0 Å². The number of hydrogen-bond acceptors (Lipinski definition) is 5. The minimum absolute atomic E-state index is 0.0431. The summed E-state index contributed by atoms with van der Waals surface area (Å²) in [7, 11) is -3.67. The van der Waals surface area contributed by atoms with Gasteiger partial charge in [0.2, 0.25) is 10.0 Å². The quantitative estimate of drug-likeness (QED) is 0.591. The van der Waals surface area contributed by atoms with Crippen LogP contribution >= 0.6 is 11.6 Å². The van der Waals surface area contributed by atoms with Crippen molar-refractivity contribution in [1.29, 1.82) is 0 Å². The van der Waals surface area contributed by atoms with E-state index in [1.807, 2.05) is 13.8 Å². The molecule has 2 unspecified atom stereocenters. The van der Waals surface area contributed by atoms with Crippen molar-refractivity contribution in [3.63, 3.8) is 0 Å². The fourth-order valence-corrected chi connectivity index (χ4v) is 3.93. The Hall–Kier alpha value is -2.42. The van der Waals surface area contributed by atoms with E-state index in [0.717, 1.165) is 5.56 Å². The van der Waals surface area contributed by atoms with Crippen molar-refractivity contribution < 1.29 is 22.7 Å². The van der Waals surface area contributed by atoms with Gasteiger partial charge in [0, 0.05) is 16.8 Å². The predicted octanol–water partition coefficient (Wildman–Crippen LogP) is 3.91. The summed E-state index contributed by atoms with van der Waals surface area (Å²) in [6.45, 7) is 6.90. The van der Waals surface area contributed by atoms with Gasteiger partial charge in [-0.3, -0.25) is 4.79 Å². The van der Waals surface area contributed by atoms with Crippen molar-refractivity contribution in [3.05, 3.63) is 58.6 Å². The zero-order chi connectivity index (χ0) is 22.5. The molecule has 7 nitrogen and oxygen atoms in total. The molecular formula is C21H25ClN2O5S. The normalized spacial score (nSPS) is 13.4. The molecule has 0 aliphatic rings. The maximum atomic E-state index is 12.3. The van der Waals surface area contributed by atoms with Gasteiger partial charge in [0.25, 0.3) is 5.91 Å². The van der Waals surface area contributed by atoms with Crippen LogP contribution in [0.2, 0.25) is 5.02 Å². The number of benzene rings is 2. The van der Waals surface area contributed by atoms with Gasteiger partial charge in [0.1, 0.15) is 0 Å². The van der Waals surface area contributed by atoms with Gasteiger partial charge in [0.15, 0.2) is 6.10 Å². The largest absolute Gasteiger partial charge is 0.449 e. The minimum atomic E-state index is -3.67. The maximum Gasteiger partial charge on any atom is 0.338 e. The highest BCUT2D eigenvalue weighted by atomic mass is 35.5. The van der Waals surface area contributed by atoms with E-state index < -0.39 is 28.0 Å². The predicted molar refractivity (Wildman–Crippen MR) is 116 cm³/mol. The molecule has 0 radical (unpaired) electrons. The Morgan fingerprint density at radius 1 is 1.10 bits per heavy atom. The first-order valence-corrected chi connectivity index (χ1v) is 11.3. The van der Waals surface area contributed by atoms with Crippen LogP contribution < -0.4 is 10.0 Å². The van der Waals surface area contributed by atoms with Crippen LogP contribution in [0.1, 0.15) is 43.1 Å². The Morgan fingerprint density at radius 2 is 1.73 bits per heavy atom.